The fourth-order valence-corrected chi connectivity index (χ4v) is 1.06. The first-order chi connectivity index (χ1) is 6.18. The molecule has 1 aromatic heterocycles. The SMILES string of the molecule is Cn1ccc(N/N=C/C2(C)CC2)n1. The molecule has 0 atom stereocenters. The van der Waals surface area contributed by atoms with Crippen LogP contribution in [0.15, 0.2) is 17.4 Å². The maximum absolute atomic E-state index is 4.14. The number of hydrazone groups is 1. The van der Waals surface area contributed by atoms with Crippen LogP contribution >= 0.6 is 0 Å². The Balaban J connectivity index is 1.89. The molecule has 0 aliphatic heterocycles. The average molecular weight is 178 g/mol. The molecule has 0 unspecified atom stereocenters. The molecule has 70 valence electrons. The molecular formula is C9H14N4. The van der Waals surface area contributed by atoms with Crippen molar-refractivity contribution in [2.45, 2.75) is 19.8 Å². The molecule has 1 aliphatic rings. The van der Waals surface area contributed by atoms with Gasteiger partial charge in [0.1, 0.15) is 0 Å². The van der Waals surface area contributed by atoms with Crippen molar-refractivity contribution < 1.29 is 0 Å². The van der Waals surface area contributed by atoms with Gasteiger partial charge >= 0.3 is 0 Å². The molecule has 1 fully saturated rings. The lowest BCUT2D eigenvalue weighted by atomic mass is 10.2. The number of aryl methyl sites for hydroxylation is 1. The van der Waals surface area contributed by atoms with E-state index in [4.69, 9.17) is 0 Å². The van der Waals surface area contributed by atoms with Crippen LogP contribution in [0.25, 0.3) is 0 Å². The van der Waals surface area contributed by atoms with E-state index in [1.807, 2.05) is 25.5 Å². The van der Waals surface area contributed by atoms with Crippen molar-refractivity contribution in [3.8, 4) is 0 Å². The molecule has 0 bridgehead atoms. The second-order valence-corrected chi connectivity index (χ2v) is 3.90. The molecule has 1 N–H and O–H groups in total. The summed E-state index contributed by atoms with van der Waals surface area (Å²) in [6, 6.07) is 1.90. The summed E-state index contributed by atoms with van der Waals surface area (Å²) in [7, 11) is 1.89. The van der Waals surface area contributed by atoms with Gasteiger partial charge < -0.3 is 0 Å². The Morgan fingerprint density at radius 1 is 1.69 bits per heavy atom. The molecule has 4 heteroatoms. The van der Waals surface area contributed by atoms with Crippen molar-refractivity contribution in [1.82, 2.24) is 9.78 Å². The van der Waals surface area contributed by atoms with Crippen molar-refractivity contribution in [1.29, 1.82) is 0 Å². The summed E-state index contributed by atoms with van der Waals surface area (Å²) in [6.07, 6.45) is 6.36. The summed E-state index contributed by atoms with van der Waals surface area (Å²) < 4.78 is 1.75. The number of aromatic nitrogens is 2. The molecule has 0 saturated heterocycles. The van der Waals surface area contributed by atoms with E-state index >= 15 is 0 Å². The Kier molecular flexibility index (Phi) is 1.83. The van der Waals surface area contributed by atoms with E-state index in [-0.39, 0.29) is 0 Å². The van der Waals surface area contributed by atoms with Gasteiger partial charge in [-0.05, 0) is 12.8 Å². The highest BCUT2D eigenvalue weighted by Crippen LogP contribution is 2.42. The van der Waals surface area contributed by atoms with Crippen molar-refractivity contribution in [2.75, 3.05) is 5.43 Å². The van der Waals surface area contributed by atoms with Gasteiger partial charge in [0.2, 0.25) is 0 Å². The Morgan fingerprint density at radius 2 is 2.46 bits per heavy atom. The van der Waals surface area contributed by atoms with Gasteiger partial charge in [0.25, 0.3) is 0 Å². The fourth-order valence-electron chi connectivity index (χ4n) is 1.06. The summed E-state index contributed by atoms with van der Waals surface area (Å²) in [5.74, 6) is 0.794. The van der Waals surface area contributed by atoms with Crippen LogP contribution in [0.4, 0.5) is 5.82 Å². The smallest absolute Gasteiger partial charge is 0.168 e. The predicted octanol–water partition coefficient (Wildman–Crippen LogP) is 1.62. The first-order valence-electron chi connectivity index (χ1n) is 4.48. The Morgan fingerprint density at radius 3 is 3.00 bits per heavy atom. The highest BCUT2D eigenvalue weighted by atomic mass is 15.4. The molecule has 13 heavy (non-hydrogen) atoms. The van der Waals surface area contributed by atoms with Crippen LogP contribution in [0.1, 0.15) is 19.8 Å². The summed E-state index contributed by atoms with van der Waals surface area (Å²) in [6.45, 7) is 2.20. The fraction of sp³-hybridized carbons (Fsp3) is 0.556. The van der Waals surface area contributed by atoms with Crippen LogP contribution in [0.3, 0.4) is 0 Å². The minimum atomic E-state index is 0.349. The van der Waals surface area contributed by atoms with Crippen molar-refractivity contribution >= 4 is 12.0 Å². The Bertz CT molecular complexity index is 322. The zero-order valence-electron chi connectivity index (χ0n) is 7.99. The molecule has 2 rings (SSSR count). The molecule has 0 aromatic carbocycles. The zero-order chi connectivity index (χ0) is 9.31. The number of nitrogens with zero attached hydrogens (tertiary/aromatic N) is 3. The van der Waals surface area contributed by atoms with Gasteiger partial charge in [-0.25, -0.2) is 0 Å². The lowest BCUT2D eigenvalue weighted by Crippen LogP contribution is -1.98. The van der Waals surface area contributed by atoms with Crippen LogP contribution in [-0.4, -0.2) is 16.0 Å². The van der Waals surface area contributed by atoms with E-state index in [0.717, 1.165) is 5.82 Å². The van der Waals surface area contributed by atoms with Crippen LogP contribution < -0.4 is 5.43 Å². The second kappa shape index (κ2) is 2.87. The number of nitrogens with one attached hydrogen (secondary N) is 1. The molecular weight excluding hydrogens is 164 g/mol. The summed E-state index contributed by atoms with van der Waals surface area (Å²) in [5.41, 5.74) is 3.25. The quantitative estimate of drug-likeness (QED) is 0.564. The van der Waals surface area contributed by atoms with Gasteiger partial charge in [0.05, 0.1) is 0 Å². The monoisotopic (exact) mass is 178 g/mol. The first-order valence-corrected chi connectivity index (χ1v) is 4.48. The molecule has 1 heterocycles. The van der Waals surface area contributed by atoms with Crippen molar-refractivity contribution in [2.24, 2.45) is 17.6 Å². The number of hydrogen-bond donors (Lipinski definition) is 1. The number of anilines is 1. The van der Waals surface area contributed by atoms with Crippen molar-refractivity contribution in [3.63, 3.8) is 0 Å². The van der Waals surface area contributed by atoms with Crippen LogP contribution in [0.5, 0.6) is 0 Å². The third kappa shape index (κ3) is 2.08. The number of rotatable bonds is 3. The third-order valence-electron chi connectivity index (χ3n) is 2.31. The maximum atomic E-state index is 4.14. The van der Waals surface area contributed by atoms with Crippen molar-refractivity contribution in [3.05, 3.63) is 12.3 Å². The van der Waals surface area contributed by atoms with Gasteiger partial charge in [-0.1, -0.05) is 6.92 Å². The van der Waals surface area contributed by atoms with E-state index < -0.39 is 0 Å². The van der Waals surface area contributed by atoms with Crippen LogP contribution in [0, 0.1) is 5.41 Å². The predicted molar refractivity (Wildman–Crippen MR) is 52.7 cm³/mol. The summed E-state index contributed by atoms with van der Waals surface area (Å²) in [4.78, 5) is 0. The zero-order valence-corrected chi connectivity index (χ0v) is 7.99. The minimum Gasteiger partial charge on any atom is -0.274 e. The van der Waals surface area contributed by atoms with Gasteiger partial charge in [0.15, 0.2) is 5.82 Å². The molecule has 0 radical (unpaired) electrons. The lowest BCUT2D eigenvalue weighted by Gasteiger charge is -1.97. The normalized spacial score (nSPS) is 19.2. The van der Waals surface area contributed by atoms with Gasteiger partial charge in [0, 0.05) is 30.9 Å². The highest BCUT2D eigenvalue weighted by molar-refractivity contribution is 5.69. The Labute approximate surface area is 77.6 Å². The standard InChI is InChI=1S/C9H14N4/c1-9(4-5-9)7-10-11-8-3-6-13(2)12-8/h3,6-7H,4-5H2,1-2H3,(H,11,12)/b10-7+. The van der Waals surface area contributed by atoms with Crippen LogP contribution in [-0.2, 0) is 7.05 Å². The molecule has 4 nitrogen and oxygen atoms in total. The third-order valence-corrected chi connectivity index (χ3v) is 2.31. The van der Waals surface area contributed by atoms with Gasteiger partial charge in [-0.3, -0.25) is 10.1 Å². The highest BCUT2D eigenvalue weighted by Gasteiger charge is 2.35. The van der Waals surface area contributed by atoms with E-state index in [0.29, 0.717) is 5.41 Å². The molecule has 1 aromatic rings. The van der Waals surface area contributed by atoms with E-state index in [1.54, 1.807) is 4.68 Å². The minimum absolute atomic E-state index is 0.349. The van der Waals surface area contributed by atoms with E-state index in [2.05, 4.69) is 22.5 Å². The first kappa shape index (κ1) is 8.29. The molecule has 1 saturated carbocycles. The molecule has 0 spiro atoms. The van der Waals surface area contributed by atoms with E-state index in [1.165, 1.54) is 12.8 Å². The Hall–Kier alpha value is -1.32. The molecule has 0 amide bonds. The van der Waals surface area contributed by atoms with Crippen LogP contribution in [0.2, 0.25) is 0 Å². The van der Waals surface area contributed by atoms with E-state index in [9.17, 15) is 0 Å². The summed E-state index contributed by atoms with van der Waals surface area (Å²) in [5, 5.41) is 8.28. The topological polar surface area (TPSA) is 42.2 Å². The maximum Gasteiger partial charge on any atom is 0.168 e. The number of hydrogen-bond acceptors (Lipinski definition) is 3. The largest absolute Gasteiger partial charge is 0.274 e. The van der Waals surface area contributed by atoms with Gasteiger partial charge in [-0.2, -0.15) is 10.2 Å². The van der Waals surface area contributed by atoms with Gasteiger partial charge in [-0.15, -0.1) is 0 Å². The lowest BCUT2D eigenvalue weighted by molar-refractivity contribution is 0.768. The summed E-state index contributed by atoms with van der Waals surface area (Å²) >= 11 is 0. The second-order valence-electron chi connectivity index (χ2n) is 3.90. The molecule has 1 aliphatic carbocycles. The average Bonchev–Trinajstić information content (AvgIpc) is 2.65.